The number of carbonyl (C=O) groups excluding carboxylic acids is 3. The van der Waals surface area contributed by atoms with E-state index in [0.717, 1.165) is 47.2 Å². The standard InChI is InChI=1S/C33H36N2O5/c1-3-26-28(21-24-15-10-11-16-27(24)23-13-7-5-8-14-23)35-19-18-25(22-29(35)31(26)32(37)33(34)38)40-20-12-6-9-17-30(36)39-4-2/h5,7-8,10-11,13-16,18-19,22H,3-4,6,9,12,17,20-21H2,1-2H3,(H2,34,38). The van der Waals surface area contributed by atoms with Crippen molar-refractivity contribution in [3.8, 4) is 16.9 Å². The average Bonchev–Trinajstić information content (AvgIpc) is 3.27. The fourth-order valence-electron chi connectivity index (χ4n) is 5.12. The number of primary amides is 1. The number of unbranched alkanes of at least 4 members (excludes halogenated alkanes) is 2. The van der Waals surface area contributed by atoms with Crippen molar-refractivity contribution < 1.29 is 23.9 Å². The number of ketones is 1. The molecule has 0 aliphatic heterocycles. The van der Waals surface area contributed by atoms with E-state index in [9.17, 15) is 14.4 Å². The third-order valence-electron chi connectivity index (χ3n) is 6.99. The summed E-state index contributed by atoms with van der Waals surface area (Å²) in [6.07, 6.45) is 5.78. The zero-order valence-electron chi connectivity index (χ0n) is 23.2. The number of esters is 1. The predicted molar refractivity (Wildman–Crippen MR) is 156 cm³/mol. The van der Waals surface area contributed by atoms with Gasteiger partial charge in [0, 0.05) is 30.8 Å². The number of hydrogen-bond donors (Lipinski definition) is 1. The fourth-order valence-corrected chi connectivity index (χ4v) is 5.12. The van der Waals surface area contributed by atoms with E-state index in [4.69, 9.17) is 15.2 Å². The number of pyridine rings is 1. The number of ether oxygens (including phenoxy) is 2. The minimum atomic E-state index is -0.980. The van der Waals surface area contributed by atoms with Crippen LogP contribution in [-0.2, 0) is 27.2 Å². The van der Waals surface area contributed by atoms with Crippen LogP contribution >= 0.6 is 0 Å². The van der Waals surface area contributed by atoms with Gasteiger partial charge in [-0.1, -0.05) is 61.5 Å². The number of hydrogen-bond acceptors (Lipinski definition) is 5. The number of aromatic nitrogens is 1. The summed E-state index contributed by atoms with van der Waals surface area (Å²) in [5.74, 6) is -1.25. The van der Waals surface area contributed by atoms with Gasteiger partial charge in [-0.15, -0.1) is 0 Å². The molecule has 0 radical (unpaired) electrons. The molecule has 40 heavy (non-hydrogen) atoms. The number of rotatable bonds is 14. The van der Waals surface area contributed by atoms with E-state index < -0.39 is 11.7 Å². The molecular formula is C33H36N2O5. The number of nitrogens with two attached hydrogens (primary N) is 1. The molecule has 0 unspecified atom stereocenters. The van der Waals surface area contributed by atoms with Crippen LogP contribution in [0.5, 0.6) is 5.75 Å². The molecule has 2 N–H and O–H groups in total. The average molecular weight is 541 g/mol. The second-order valence-electron chi connectivity index (χ2n) is 9.63. The SMILES string of the molecule is CCOC(=O)CCCCCOc1ccn2c(Cc3ccccc3-c3ccccc3)c(CC)c(C(=O)C(N)=O)c2c1. The molecule has 0 aliphatic carbocycles. The summed E-state index contributed by atoms with van der Waals surface area (Å²) in [6.45, 7) is 4.64. The van der Waals surface area contributed by atoms with Gasteiger partial charge >= 0.3 is 5.97 Å². The maximum absolute atomic E-state index is 13.1. The summed E-state index contributed by atoms with van der Waals surface area (Å²) in [7, 11) is 0. The van der Waals surface area contributed by atoms with Crippen molar-refractivity contribution in [3.63, 3.8) is 0 Å². The van der Waals surface area contributed by atoms with Gasteiger partial charge in [-0.25, -0.2) is 0 Å². The van der Waals surface area contributed by atoms with Gasteiger partial charge in [0.2, 0.25) is 0 Å². The molecule has 7 nitrogen and oxygen atoms in total. The molecule has 0 spiro atoms. The third kappa shape index (κ3) is 6.60. The first-order valence-corrected chi connectivity index (χ1v) is 13.9. The lowest BCUT2D eigenvalue weighted by Gasteiger charge is -2.12. The van der Waals surface area contributed by atoms with Crippen LogP contribution in [0.15, 0.2) is 72.9 Å². The van der Waals surface area contributed by atoms with Crippen LogP contribution in [0, 0.1) is 0 Å². The molecule has 2 aromatic carbocycles. The minimum absolute atomic E-state index is 0.178. The molecule has 1 amide bonds. The maximum Gasteiger partial charge on any atom is 0.305 e. The van der Waals surface area contributed by atoms with E-state index in [-0.39, 0.29) is 5.97 Å². The topological polar surface area (TPSA) is 100 Å². The van der Waals surface area contributed by atoms with Crippen molar-refractivity contribution in [1.82, 2.24) is 4.40 Å². The third-order valence-corrected chi connectivity index (χ3v) is 6.99. The number of nitrogens with zero attached hydrogens (tertiary/aromatic N) is 1. The first-order chi connectivity index (χ1) is 19.4. The molecule has 0 saturated heterocycles. The lowest BCUT2D eigenvalue weighted by atomic mass is 9.94. The Bertz CT molecular complexity index is 1490. The van der Waals surface area contributed by atoms with Gasteiger partial charge in [-0.2, -0.15) is 0 Å². The number of benzene rings is 2. The molecule has 0 saturated carbocycles. The van der Waals surface area contributed by atoms with Crippen LogP contribution in [0.2, 0.25) is 0 Å². The molecular weight excluding hydrogens is 504 g/mol. The second-order valence-corrected chi connectivity index (χ2v) is 9.63. The Balaban J connectivity index is 1.63. The Morgan fingerprint density at radius 1 is 0.900 bits per heavy atom. The summed E-state index contributed by atoms with van der Waals surface area (Å²) in [5.41, 5.74) is 11.5. The van der Waals surface area contributed by atoms with Gasteiger partial charge in [-0.05, 0) is 60.9 Å². The molecule has 0 bridgehead atoms. The van der Waals surface area contributed by atoms with Crippen molar-refractivity contribution in [2.45, 2.75) is 52.4 Å². The van der Waals surface area contributed by atoms with Crippen LogP contribution in [0.1, 0.15) is 66.7 Å². The Kier molecular flexibility index (Phi) is 9.73. The highest BCUT2D eigenvalue weighted by Gasteiger charge is 2.26. The number of carbonyl (C=O) groups is 3. The Labute approximate surface area is 234 Å². The van der Waals surface area contributed by atoms with Gasteiger partial charge in [0.25, 0.3) is 11.7 Å². The Morgan fingerprint density at radius 2 is 1.65 bits per heavy atom. The first-order valence-electron chi connectivity index (χ1n) is 13.9. The van der Waals surface area contributed by atoms with E-state index in [0.29, 0.717) is 49.3 Å². The van der Waals surface area contributed by atoms with Crippen LogP contribution < -0.4 is 10.5 Å². The molecule has 2 aromatic heterocycles. The smallest absolute Gasteiger partial charge is 0.305 e. The highest BCUT2D eigenvalue weighted by atomic mass is 16.5. The predicted octanol–water partition coefficient (Wildman–Crippen LogP) is 5.93. The van der Waals surface area contributed by atoms with E-state index >= 15 is 0 Å². The van der Waals surface area contributed by atoms with E-state index in [2.05, 4.69) is 24.3 Å². The van der Waals surface area contributed by atoms with Gasteiger partial charge in [-0.3, -0.25) is 14.4 Å². The van der Waals surface area contributed by atoms with Crippen LogP contribution in [-0.4, -0.2) is 35.3 Å². The summed E-state index contributed by atoms with van der Waals surface area (Å²) < 4.78 is 12.9. The van der Waals surface area contributed by atoms with Crippen molar-refractivity contribution in [1.29, 1.82) is 0 Å². The summed E-state index contributed by atoms with van der Waals surface area (Å²) in [5, 5.41) is 0. The van der Waals surface area contributed by atoms with Crippen molar-refractivity contribution in [2.75, 3.05) is 13.2 Å². The van der Waals surface area contributed by atoms with Crippen LogP contribution in [0.3, 0.4) is 0 Å². The summed E-state index contributed by atoms with van der Waals surface area (Å²) >= 11 is 0. The molecule has 4 aromatic rings. The molecule has 208 valence electrons. The number of fused-ring (bicyclic) bond motifs is 1. The van der Waals surface area contributed by atoms with Crippen molar-refractivity contribution >= 4 is 23.2 Å². The molecule has 0 aliphatic rings. The highest BCUT2D eigenvalue weighted by molar-refractivity contribution is 6.44. The highest BCUT2D eigenvalue weighted by Crippen LogP contribution is 2.32. The molecule has 7 heteroatoms. The maximum atomic E-state index is 13.1. The molecule has 0 atom stereocenters. The van der Waals surface area contributed by atoms with Gasteiger partial charge < -0.3 is 19.6 Å². The normalized spacial score (nSPS) is 10.9. The quantitative estimate of drug-likeness (QED) is 0.0925. The van der Waals surface area contributed by atoms with E-state index in [1.165, 1.54) is 0 Å². The van der Waals surface area contributed by atoms with E-state index in [1.54, 1.807) is 13.0 Å². The zero-order valence-corrected chi connectivity index (χ0v) is 23.2. The summed E-state index contributed by atoms with van der Waals surface area (Å²) in [4.78, 5) is 36.6. The Hall–Kier alpha value is -4.39. The minimum Gasteiger partial charge on any atom is -0.493 e. The van der Waals surface area contributed by atoms with Crippen molar-refractivity contribution in [3.05, 3.63) is 95.3 Å². The van der Waals surface area contributed by atoms with E-state index in [1.807, 2.05) is 53.9 Å². The zero-order chi connectivity index (χ0) is 28.5. The fraction of sp³-hybridized carbons (Fsp3) is 0.303. The lowest BCUT2D eigenvalue weighted by molar-refractivity contribution is -0.143. The van der Waals surface area contributed by atoms with Gasteiger partial charge in [0.15, 0.2) is 0 Å². The van der Waals surface area contributed by atoms with Crippen molar-refractivity contribution in [2.24, 2.45) is 5.73 Å². The van der Waals surface area contributed by atoms with Crippen LogP contribution in [0.4, 0.5) is 0 Å². The van der Waals surface area contributed by atoms with Gasteiger partial charge in [0.1, 0.15) is 5.75 Å². The molecule has 4 rings (SSSR count). The largest absolute Gasteiger partial charge is 0.493 e. The Morgan fingerprint density at radius 3 is 2.38 bits per heavy atom. The number of Topliss-reactive ketones (excluding diaryl/α,β-unsaturated/α-hetero) is 1. The molecule has 2 heterocycles. The second kappa shape index (κ2) is 13.6. The summed E-state index contributed by atoms with van der Waals surface area (Å²) in [6, 6.07) is 22.1. The first kappa shape index (κ1) is 28.6. The van der Waals surface area contributed by atoms with Crippen LogP contribution in [0.25, 0.3) is 16.6 Å². The monoisotopic (exact) mass is 540 g/mol. The molecule has 0 fully saturated rings. The number of amides is 1. The van der Waals surface area contributed by atoms with Gasteiger partial charge in [0.05, 0.1) is 24.3 Å². The lowest BCUT2D eigenvalue weighted by Crippen LogP contribution is -2.24.